The monoisotopic (exact) mass is 771 g/mol. The van der Waals surface area contributed by atoms with E-state index in [9.17, 15) is 9.90 Å². The van der Waals surface area contributed by atoms with Gasteiger partial charge in [0.2, 0.25) is 0 Å². The van der Waals surface area contributed by atoms with E-state index in [-0.39, 0.29) is 24.8 Å². The van der Waals surface area contributed by atoms with Gasteiger partial charge in [0, 0.05) is 12.0 Å². The first-order valence-corrected chi connectivity index (χ1v) is 23.6. The quantitative estimate of drug-likeness (QED) is 0.0569. The molecule has 0 aromatic heterocycles. The fraction of sp³-hybridized carbons (Fsp3) is 0.860. The fourth-order valence-electron chi connectivity index (χ4n) is 8.66. The number of rotatable bonds is 33. The molecule has 0 saturated carbocycles. The number of carbonyl (C=O) groups is 1. The highest BCUT2D eigenvalue weighted by atomic mass is 16.6. The molecule has 1 N–H and O–H groups in total. The maximum Gasteiger partial charge on any atom is 0.306 e. The standard InChI is InChI=1S/C50H90O5/c1-10-11-12-13-14-15-16-17-18-19-20-21-22-23-24-33-47(52)54-45(37-51)38-53-48-42(6)43(7)49-46(44(48)8)34-36-50(9,55-49)35-27-32-41(5)31-26-30-40(4)29-25-28-39(2)3/h39-41,45,51H,10-38H2,1-9H3/t40-,41-,45?,50-/m1/s1. The van der Waals surface area contributed by atoms with Crippen LogP contribution < -0.4 is 9.47 Å². The van der Waals surface area contributed by atoms with Crippen molar-refractivity contribution in [2.45, 2.75) is 247 Å². The SMILES string of the molecule is CCCCCCCCCCCCCCCCCC(=O)OC(CO)COc1c(C)c(C)c2c(c1C)CC[C@@](C)(CCC[C@H](C)CCC[C@H](C)CCCC(C)C)O2. The highest BCUT2D eigenvalue weighted by molar-refractivity contribution is 5.69. The van der Waals surface area contributed by atoms with Crippen molar-refractivity contribution in [2.24, 2.45) is 17.8 Å². The summed E-state index contributed by atoms with van der Waals surface area (Å²) in [6, 6.07) is 0. The minimum absolute atomic E-state index is 0.146. The summed E-state index contributed by atoms with van der Waals surface area (Å²) in [6.45, 7) is 20.4. The van der Waals surface area contributed by atoms with Gasteiger partial charge in [0.05, 0.1) is 6.61 Å². The van der Waals surface area contributed by atoms with Crippen LogP contribution in [0.1, 0.15) is 231 Å². The van der Waals surface area contributed by atoms with E-state index in [1.54, 1.807) is 0 Å². The lowest BCUT2D eigenvalue weighted by Gasteiger charge is -2.38. The number of aliphatic hydroxyl groups is 1. The molecule has 0 aliphatic carbocycles. The van der Waals surface area contributed by atoms with Crippen LogP contribution in [0.2, 0.25) is 0 Å². The Bertz CT molecular complexity index is 1160. The molecule has 0 saturated heterocycles. The molecule has 0 fully saturated rings. The van der Waals surface area contributed by atoms with Gasteiger partial charge < -0.3 is 19.3 Å². The topological polar surface area (TPSA) is 65.0 Å². The van der Waals surface area contributed by atoms with Crippen molar-refractivity contribution in [1.82, 2.24) is 0 Å². The third-order valence-corrected chi connectivity index (χ3v) is 12.7. The van der Waals surface area contributed by atoms with Crippen molar-refractivity contribution >= 4 is 5.97 Å². The predicted molar refractivity (Wildman–Crippen MR) is 235 cm³/mol. The number of fused-ring (bicyclic) bond motifs is 1. The van der Waals surface area contributed by atoms with E-state index >= 15 is 0 Å². The molecule has 0 radical (unpaired) electrons. The van der Waals surface area contributed by atoms with Crippen LogP contribution in [0, 0.1) is 38.5 Å². The van der Waals surface area contributed by atoms with Crippen LogP contribution in [-0.2, 0) is 16.0 Å². The first kappa shape index (κ1) is 49.4. The molecule has 0 spiro atoms. The van der Waals surface area contributed by atoms with Gasteiger partial charge in [-0.15, -0.1) is 0 Å². The number of ether oxygens (including phenoxy) is 3. The zero-order valence-electron chi connectivity index (χ0n) is 37.9. The second-order valence-electron chi connectivity index (χ2n) is 18.7. The van der Waals surface area contributed by atoms with Crippen molar-refractivity contribution in [3.8, 4) is 11.5 Å². The number of aliphatic hydroxyl groups excluding tert-OH is 1. The van der Waals surface area contributed by atoms with Crippen LogP contribution in [0.3, 0.4) is 0 Å². The van der Waals surface area contributed by atoms with Gasteiger partial charge in [-0.05, 0) is 94.2 Å². The van der Waals surface area contributed by atoms with E-state index in [4.69, 9.17) is 14.2 Å². The zero-order valence-corrected chi connectivity index (χ0v) is 37.9. The molecule has 1 aliphatic rings. The van der Waals surface area contributed by atoms with Gasteiger partial charge in [-0.2, -0.15) is 0 Å². The Labute approximate surface area is 341 Å². The average Bonchev–Trinajstić information content (AvgIpc) is 3.14. The molecule has 55 heavy (non-hydrogen) atoms. The number of carbonyl (C=O) groups excluding carboxylic acids is 1. The first-order chi connectivity index (χ1) is 26.4. The molecule has 1 aromatic rings. The van der Waals surface area contributed by atoms with Crippen molar-refractivity contribution in [3.05, 3.63) is 22.3 Å². The summed E-state index contributed by atoms with van der Waals surface area (Å²) in [4.78, 5) is 12.6. The zero-order chi connectivity index (χ0) is 40.5. The van der Waals surface area contributed by atoms with Crippen LogP contribution in [0.25, 0.3) is 0 Å². The Morgan fingerprint density at radius 2 is 1.20 bits per heavy atom. The van der Waals surface area contributed by atoms with Crippen molar-refractivity contribution in [1.29, 1.82) is 0 Å². The van der Waals surface area contributed by atoms with Crippen LogP contribution in [0.5, 0.6) is 11.5 Å². The summed E-state index contributed by atoms with van der Waals surface area (Å²) < 4.78 is 18.8. The maximum atomic E-state index is 12.6. The van der Waals surface area contributed by atoms with Crippen LogP contribution >= 0.6 is 0 Å². The van der Waals surface area contributed by atoms with Gasteiger partial charge in [0.15, 0.2) is 6.10 Å². The van der Waals surface area contributed by atoms with E-state index in [2.05, 4.69) is 62.3 Å². The molecule has 0 bridgehead atoms. The Hall–Kier alpha value is -1.75. The summed E-state index contributed by atoms with van der Waals surface area (Å²) in [5.41, 5.74) is 4.38. The first-order valence-electron chi connectivity index (χ1n) is 23.6. The van der Waals surface area contributed by atoms with E-state index < -0.39 is 6.10 Å². The van der Waals surface area contributed by atoms with E-state index in [0.29, 0.717) is 6.42 Å². The highest BCUT2D eigenvalue weighted by Gasteiger charge is 2.34. The minimum Gasteiger partial charge on any atom is -0.489 e. The second-order valence-corrected chi connectivity index (χ2v) is 18.7. The summed E-state index contributed by atoms with van der Waals surface area (Å²) in [5, 5.41) is 10.0. The smallest absolute Gasteiger partial charge is 0.306 e. The molecule has 2 rings (SSSR count). The molecule has 5 heteroatoms. The van der Waals surface area contributed by atoms with E-state index in [1.165, 1.54) is 140 Å². The third kappa shape index (κ3) is 20.5. The molecule has 0 amide bonds. The van der Waals surface area contributed by atoms with Gasteiger partial charge in [-0.25, -0.2) is 0 Å². The number of esters is 1. The van der Waals surface area contributed by atoms with Crippen LogP contribution in [0.4, 0.5) is 0 Å². The predicted octanol–water partition coefficient (Wildman–Crippen LogP) is 14.7. The fourth-order valence-corrected chi connectivity index (χ4v) is 8.66. The summed E-state index contributed by atoms with van der Waals surface area (Å²) >= 11 is 0. The van der Waals surface area contributed by atoms with Crippen LogP contribution in [-0.4, -0.2) is 36.0 Å². The van der Waals surface area contributed by atoms with Gasteiger partial charge >= 0.3 is 5.97 Å². The van der Waals surface area contributed by atoms with E-state index in [0.717, 1.165) is 78.0 Å². The Balaban J connectivity index is 1.68. The molecule has 5 nitrogen and oxygen atoms in total. The maximum absolute atomic E-state index is 12.6. The number of hydrogen-bond acceptors (Lipinski definition) is 5. The van der Waals surface area contributed by atoms with Gasteiger partial charge in [0.1, 0.15) is 23.7 Å². The van der Waals surface area contributed by atoms with Gasteiger partial charge in [-0.1, -0.05) is 169 Å². The average molecular weight is 771 g/mol. The molecule has 1 heterocycles. The lowest BCUT2D eigenvalue weighted by molar-refractivity contribution is -0.153. The van der Waals surface area contributed by atoms with Crippen molar-refractivity contribution < 1.29 is 24.1 Å². The summed E-state index contributed by atoms with van der Waals surface area (Å²) in [6.07, 6.45) is 32.9. The van der Waals surface area contributed by atoms with Crippen LogP contribution in [0.15, 0.2) is 0 Å². The lowest BCUT2D eigenvalue weighted by Crippen LogP contribution is -2.37. The minimum atomic E-state index is -0.668. The Morgan fingerprint density at radius 3 is 1.73 bits per heavy atom. The lowest BCUT2D eigenvalue weighted by atomic mass is 9.83. The molecule has 320 valence electrons. The molecule has 4 atom stereocenters. The largest absolute Gasteiger partial charge is 0.489 e. The van der Waals surface area contributed by atoms with E-state index in [1.807, 2.05) is 0 Å². The number of benzene rings is 1. The molecule has 1 aliphatic heterocycles. The van der Waals surface area contributed by atoms with Crippen molar-refractivity contribution in [3.63, 3.8) is 0 Å². The van der Waals surface area contributed by atoms with Gasteiger partial charge in [0.25, 0.3) is 0 Å². The Morgan fingerprint density at radius 1 is 0.691 bits per heavy atom. The summed E-state index contributed by atoms with van der Waals surface area (Å²) in [5.74, 6) is 4.08. The number of hydrogen-bond donors (Lipinski definition) is 1. The van der Waals surface area contributed by atoms with Gasteiger partial charge in [-0.3, -0.25) is 4.79 Å². The second kappa shape index (κ2) is 28.6. The molecule has 1 unspecified atom stereocenters. The Kier molecular flexibility index (Phi) is 25.7. The molecular weight excluding hydrogens is 681 g/mol. The normalized spacial score (nSPS) is 17.1. The summed E-state index contributed by atoms with van der Waals surface area (Å²) in [7, 11) is 0. The number of unbranched alkanes of at least 4 members (excludes halogenated alkanes) is 14. The molecular formula is C50H90O5. The molecule has 1 aromatic carbocycles. The van der Waals surface area contributed by atoms with Crippen molar-refractivity contribution in [2.75, 3.05) is 13.2 Å². The third-order valence-electron chi connectivity index (χ3n) is 12.7. The highest BCUT2D eigenvalue weighted by Crippen LogP contribution is 2.45.